The van der Waals surface area contributed by atoms with Gasteiger partial charge < -0.3 is 15.7 Å². The first-order chi connectivity index (χ1) is 23.8. The van der Waals surface area contributed by atoms with Crippen molar-refractivity contribution in [1.82, 2.24) is 15.3 Å². The molecule has 0 radical (unpaired) electrons. The minimum Gasteiger partial charge on any atom is -0.480 e. The van der Waals surface area contributed by atoms with Gasteiger partial charge in [-0.1, -0.05) is 63.2 Å². The Hall–Kier alpha value is -5.55. The number of thiophene rings is 1. The van der Waals surface area contributed by atoms with Crippen LogP contribution in [0.4, 0.5) is 10.1 Å². The van der Waals surface area contributed by atoms with Gasteiger partial charge in [0.05, 0.1) is 4.88 Å². The van der Waals surface area contributed by atoms with E-state index in [2.05, 4.69) is 41.4 Å². The van der Waals surface area contributed by atoms with Crippen molar-refractivity contribution in [3.8, 4) is 22.5 Å². The van der Waals surface area contributed by atoms with Crippen LogP contribution in [0.1, 0.15) is 64.6 Å². The topological polar surface area (TPSA) is 138 Å². The monoisotopic (exact) mass is 692 g/mol. The third kappa shape index (κ3) is 9.12. The molecule has 5 aromatic rings. The molecule has 0 aliphatic rings. The molecule has 0 saturated heterocycles. The number of Topliss-reactive ketones (excluding diaryl/α,β-unsaturated/α-hetero) is 1. The number of carbonyl (C=O) groups excluding carboxylic acids is 3. The van der Waals surface area contributed by atoms with Gasteiger partial charge in [0.15, 0.2) is 11.6 Å². The lowest BCUT2D eigenvalue weighted by Gasteiger charge is -2.18. The minimum absolute atomic E-state index is 0.0672. The summed E-state index contributed by atoms with van der Waals surface area (Å²) in [7, 11) is 0. The van der Waals surface area contributed by atoms with Crippen molar-refractivity contribution in [2.75, 3.05) is 5.32 Å². The fraction of sp³-hybridized carbons (Fsp3) is 0.231. The largest absolute Gasteiger partial charge is 0.480 e. The SMILES string of the molecule is C[C@@H](NC(=O)[C@@H](CC(=O)c1ccc(C(C)(C)C)s1)Cc1ccc(-c2ncc(-c3cccc(C(=O)Nc4cccc(F)c4)c3)cn2)cc1)C(=O)O. The first-order valence-corrected chi connectivity index (χ1v) is 16.8. The summed E-state index contributed by atoms with van der Waals surface area (Å²) in [4.78, 5) is 61.4. The van der Waals surface area contributed by atoms with Crippen molar-refractivity contribution in [1.29, 1.82) is 0 Å². The van der Waals surface area contributed by atoms with Crippen LogP contribution in [-0.2, 0) is 21.4 Å². The number of nitrogens with one attached hydrogen (secondary N) is 2. The maximum Gasteiger partial charge on any atom is 0.325 e. The molecule has 2 atom stereocenters. The molecule has 0 saturated carbocycles. The van der Waals surface area contributed by atoms with E-state index < -0.39 is 29.7 Å². The summed E-state index contributed by atoms with van der Waals surface area (Å²) < 4.78 is 13.5. The molecule has 5 rings (SSSR count). The molecule has 2 heterocycles. The summed E-state index contributed by atoms with van der Waals surface area (Å²) >= 11 is 1.41. The molecular formula is C39H37FN4O5S. The van der Waals surface area contributed by atoms with Crippen LogP contribution in [0.3, 0.4) is 0 Å². The second-order valence-corrected chi connectivity index (χ2v) is 14.1. The standard InChI is InChI=1S/C39H37FN4O5S/c1-23(38(48)49)43-37(47)28(19-32(45)33-15-16-34(50-33)39(2,3)4)17-24-11-13-25(14-12-24)35-41-21-29(22-42-35)26-7-5-8-27(18-26)36(46)44-31-10-6-9-30(40)20-31/h5-16,18,20-23,28H,17,19H2,1-4H3,(H,43,47)(H,44,46)(H,48,49)/t23-,28-/m1/s1. The molecule has 0 bridgehead atoms. The zero-order chi connectivity index (χ0) is 36.0. The number of hydrogen-bond acceptors (Lipinski definition) is 7. The Kier molecular flexibility index (Phi) is 11.0. The highest BCUT2D eigenvalue weighted by Crippen LogP contribution is 2.31. The van der Waals surface area contributed by atoms with E-state index in [-0.39, 0.29) is 29.9 Å². The Bertz CT molecular complexity index is 2020. The molecular weight excluding hydrogens is 656 g/mol. The fourth-order valence-corrected chi connectivity index (χ4v) is 6.19. The minimum atomic E-state index is -1.16. The third-order valence-corrected chi connectivity index (χ3v) is 9.59. The van der Waals surface area contributed by atoms with Gasteiger partial charge in [-0.3, -0.25) is 19.2 Å². The second kappa shape index (κ2) is 15.3. The van der Waals surface area contributed by atoms with Crippen molar-refractivity contribution in [3.63, 3.8) is 0 Å². The third-order valence-electron chi connectivity index (χ3n) is 8.04. The van der Waals surface area contributed by atoms with E-state index in [0.29, 0.717) is 27.5 Å². The first-order valence-electron chi connectivity index (χ1n) is 16.0. The van der Waals surface area contributed by atoms with Gasteiger partial charge in [-0.25, -0.2) is 14.4 Å². The van der Waals surface area contributed by atoms with Crippen LogP contribution in [0.5, 0.6) is 0 Å². The van der Waals surface area contributed by atoms with Crippen molar-refractivity contribution in [2.24, 2.45) is 5.92 Å². The summed E-state index contributed by atoms with van der Waals surface area (Å²) in [6, 6.07) is 22.6. The van der Waals surface area contributed by atoms with Crippen LogP contribution in [-0.4, -0.2) is 44.7 Å². The number of amides is 2. The van der Waals surface area contributed by atoms with Gasteiger partial charge in [0.1, 0.15) is 11.9 Å². The van der Waals surface area contributed by atoms with E-state index in [0.717, 1.165) is 21.6 Å². The zero-order valence-electron chi connectivity index (χ0n) is 28.1. The Labute approximate surface area is 293 Å². The number of carbonyl (C=O) groups is 4. The number of rotatable bonds is 12. The molecule has 256 valence electrons. The molecule has 0 unspecified atom stereocenters. The van der Waals surface area contributed by atoms with Crippen molar-refractivity contribution < 1.29 is 28.7 Å². The van der Waals surface area contributed by atoms with Crippen LogP contribution in [0, 0.1) is 11.7 Å². The van der Waals surface area contributed by atoms with Crippen LogP contribution in [0.2, 0.25) is 0 Å². The molecule has 2 aromatic heterocycles. The van der Waals surface area contributed by atoms with E-state index in [1.54, 1.807) is 42.7 Å². The number of carboxylic acids is 1. The number of hydrogen-bond donors (Lipinski definition) is 3. The number of anilines is 1. The Morgan fingerprint density at radius 1 is 0.860 bits per heavy atom. The van der Waals surface area contributed by atoms with Crippen LogP contribution in [0.15, 0.2) is 97.3 Å². The molecule has 3 N–H and O–H groups in total. The Balaban J connectivity index is 1.28. The Morgan fingerprint density at radius 3 is 2.20 bits per heavy atom. The lowest BCUT2D eigenvalue weighted by Crippen LogP contribution is -2.42. The number of nitrogens with zero attached hydrogens (tertiary/aromatic N) is 2. The quantitative estimate of drug-likeness (QED) is 0.115. The molecule has 3 aromatic carbocycles. The molecule has 0 aliphatic heterocycles. The van der Waals surface area contributed by atoms with E-state index >= 15 is 0 Å². The summed E-state index contributed by atoms with van der Waals surface area (Å²) in [5, 5.41) is 14.5. The summed E-state index contributed by atoms with van der Waals surface area (Å²) in [5.74, 6) is -2.97. The fourth-order valence-electron chi connectivity index (χ4n) is 5.18. The van der Waals surface area contributed by atoms with Gasteiger partial charge in [-0.15, -0.1) is 11.3 Å². The zero-order valence-corrected chi connectivity index (χ0v) is 28.9. The maximum atomic E-state index is 13.5. The normalized spacial score (nSPS) is 12.5. The average molecular weight is 693 g/mol. The van der Waals surface area contributed by atoms with Gasteiger partial charge in [0, 0.05) is 52.0 Å². The maximum absolute atomic E-state index is 13.5. The van der Waals surface area contributed by atoms with Gasteiger partial charge in [-0.05, 0) is 72.4 Å². The number of aliphatic carboxylic acids is 1. The molecule has 0 aliphatic carbocycles. The molecule has 11 heteroatoms. The molecule has 50 heavy (non-hydrogen) atoms. The number of benzene rings is 3. The number of ketones is 1. The molecule has 0 fully saturated rings. The van der Waals surface area contributed by atoms with Gasteiger partial charge in [0.25, 0.3) is 5.91 Å². The van der Waals surface area contributed by atoms with Crippen molar-refractivity contribution in [3.05, 3.63) is 124 Å². The van der Waals surface area contributed by atoms with Gasteiger partial charge in [-0.2, -0.15) is 0 Å². The Morgan fingerprint density at radius 2 is 1.56 bits per heavy atom. The van der Waals surface area contributed by atoms with E-state index in [9.17, 15) is 28.7 Å². The van der Waals surface area contributed by atoms with Crippen LogP contribution in [0.25, 0.3) is 22.5 Å². The highest BCUT2D eigenvalue weighted by molar-refractivity contribution is 7.14. The highest BCUT2D eigenvalue weighted by atomic mass is 32.1. The predicted molar refractivity (Wildman–Crippen MR) is 192 cm³/mol. The first kappa shape index (κ1) is 35.7. The molecule has 9 nitrogen and oxygen atoms in total. The highest BCUT2D eigenvalue weighted by Gasteiger charge is 2.27. The van der Waals surface area contributed by atoms with Crippen molar-refractivity contribution >= 4 is 40.6 Å². The van der Waals surface area contributed by atoms with Crippen LogP contribution >= 0.6 is 11.3 Å². The summed E-state index contributed by atoms with van der Waals surface area (Å²) in [5.41, 5.74) is 3.57. The average Bonchev–Trinajstić information content (AvgIpc) is 3.60. The van der Waals surface area contributed by atoms with E-state index in [4.69, 9.17) is 0 Å². The number of carboxylic acid groups (broad SMARTS) is 1. The smallest absolute Gasteiger partial charge is 0.325 e. The van der Waals surface area contributed by atoms with Crippen LogP contribution < -0.4 is 10.6 Å². The molecule has 0 spiro atoms. The number of halogens is 1. The summed E-state index contributed by atoms with van der Waals surface area (Å²) in [6.45, 7) is 7.59. The van der Waals surface area contributed by atoms with E-state index in [1.165, 1.54) is 36.5 Å². The summed E-state index contributed by atoms with van der Waals surface area (Å²) in [6.07, 6.45) is 3.48. The van der Waals surface area contributed by atoms with Gasteiger partial charge in [0.2, 0.25) is 5.91 Å². The van der Waals surface area contributed by atoms with Gasteiger partial charge >= 0.3 is 5.97 Å². The molecule has 2 amide bonds. The van der Waals surface area contributed by atoms with E-state index in [1.807, 2.05) is 36.4 Å². The lowest BCUT2D eigenvalue weighted by atomic mass is 9.92. The lowest BCUT2D eigenvalue weighted by molar-refractivity contribution is -0.141. The second-order valence-electron chi connectivity index (χ2n) is 13.0. The predicted octanol–water partition coefficient (Wildman–Crippen LogP) is 7.58. The number of aromatic nitrogens is 2. The van der Waals surface area contributed by atoms with Crippen molar-refractivity contribution in [2.45, 2.75) is 52.0 Å².